The highest BCUT2D eigenvalue weighted by atomic mass is 79.9. The van der Waals surface area contributed by atoms with Crippen LogP contribution in [0.15, 0.2) is 22.9 Å². The third-order valence-electron chi connectivity index (χ3n) is 1.66. The van der Waals surface area contributed by atoms with E-state index in [2.05, 4.69) is 26.2 Å². The van der Waals surface area contributed by atoms with Crippen molar-refractivity contribution in [3.05, 3.63) is 22.9 Å². The lowest BCUT2D eigenvalue weighted by Crippen LogP contribution is -2.29. The number of halogens is 1. The molecule has 0 bridgehead atoms. The maximum Gasteiger partial charge on any atom is 0.257 e. The largest absolute Gasteiger partial charge is 0.481 e. The molecule has 4 nitrogen and oxygen atoms in total. The van der Waals surface area contributed by atoms with Gasteiger partial charge >= 0.3 is 0 Å². The fourth-order valence-corrected chi connectivity index (χ4v) is 1.30. The SMILES string of the molecule is CCCNC(=O)COc1cccnc1Br. The Labute approximate surface area is 97.2 Å². The van der Waals surface area contributed by atoms with Crippen LogP contribution in [0.5, 0.6) is 5.75 Å². The van der Waals surface area contributed by atoms with Crippen LogP contribution in [0.25, 0.3) is 0 Å². The summed E-state index contributed by atoms with van der Waals surface area (Å²) in [5.41, 5.74) is 0. The highest BCUT2D eigenvalue weighted by Crippen LogP contribution is 2.20. The van der Waals surface area contributed by atoms with Crippen LogP contribution in [0.2, 0.25) is 0 Å². The van der Waals surface area contributed by atoms with Crippen LogP contribution in [0, 0.1) is 0 Å². The second kappa shape index (κ2) is 6.40. The molecule has 1 aromatic heterocycles. The number of rotatable bonds is 5. The molecule has 0 saturated heterocycles. The molecule has 0 unspecified atom stereocenters. The summed E-state index contributed by atoms with van der Waals surface area (Å²) >= 11 is 3.23. The smallest absolute Gasteiger partial charge is 0.257 e. The summed E-state index contributed by atoms with van der Waals surface area (Å²) in [4.78, 5) is 15.2. The Morgan fingerprint density at radius 3 is 3.13 bits per heavy atom. The first kappa shape index (κ1) is 12.0. The third kappa shape index (κ3) is 4.29. The van der Waals surface area contributed by atoms with Crippen molar-refractivity contribution in [2.45, 2.75) is 13.3 Å². The molecule has 1 rings (SSSR count). The summed E-state index contributed by atoms with van der Waals surface area (Å²) in [6.07, 6.45) is 2.57. The Kier molecular flexibility index (Phi) is 5.10. The Morgan fingerprint density at radius 2 is 2.47 bits per heavy atom. The Morgan fingerprint density at radius 1 is 1.67 bits per heavy atom. The Hall–Kier alpha value is -1.10. The molecule has 0 aromatic carbocycles. The van der Waals surface area contributed by atoms with Crippen molar-refractivity contribution in [2.75, 3.05) is 13.2 Å². The molecule has 15 heavy (non-hydrogen) atoms. The van der Waals surface area contributed by atoms with Crippen LogP contribution in [0.1, 0.15) is 13.3 Å². The Balaban J connectivity index is 2.37. The minimum atomic E-state index is -0.118. The van der Waals surface area contributed by atoms with Crippen LogP contribution in [0.3, 0.4) is 0 Å². The first-order valence-electron chi connectivity index (χ1n) is 4.74. The highest BCUT2D eigenvalue weighted by Gasteiger charge is 2.04. The van der Waals surface area contributed by atoms with E-state index < -0.39 is 0 Å². The van der Waals surface area contributed by atoms with Gasteiger partial charge in [0.1, 0.15) is 4.60 Å². The van der Waals surface area contributed by atoms with Gasteiger partial charge in [-0.05, 0) is 34.5 Å². The van der Waals surface area contributed by atoms with Gasteiger partial charge in [-0.25, -0.2) is 4.98 Å². The standard InChI is InChI=1S/C10H13BrN2O2/c1-2-5-12-9(14)7-15-8-4-3-6-13-10(8)11/h3-4,6H,2,5,7H2,1H3,(H,12,14). The van der Waals surface area contributed by atoms with Crippen LogP contribution in [0.4, 0.5) is 0 Å². The normalized spacial score (nSPS) is 9.73. The lowest BCUT2D eigenvalue weighted by molar-refractivity contribution is -0.123. The summed E-state index contributed by atoms with van der Waals surface area (Å²) in [7, 11) is 0. The quantitative estimate of drug-likeness (QED) is 0.831. The molecule has 0 fully saturated rings. The van der Waals surface area contributed by atoms with Gasteiger partial charge in [0, 0.05) is 12.7 Å². The molecule has 0 atom stereocenters. The van der Waals surface area contributed by atoms with E-state index in [0.717, 1.165) is 6.42 Å². The van der Waals surface area contributed by atoms with Crippen LogP contribution >= 0.6 is 15.9 Å². The van der Waals surface area contributed by atoms with E-state index in [1.165, 1.54) is 0 Å². The number of amides is 1. The summed E-state index contributed by atoms with van der Waals surface area (Å²) < 4.78 is 5.88. The molecule has 0 aliphatic rings. The monoisotopic (exact) mass is 272 g/mol. The van der Waals surface area contributed by atoms with Crippen molar-refractivity contribution in [3.63, 3.8) is 0 Å². The highest BCUT2D eigenvalue weighted by molar-refractivity contribution is 9.10. The maximum atomic E-state index is 11.2. The fraction of sp³-hybridized carbons (Fsp3) is 0.400. The van der Waals surface area contributed by atoms with Gasteiger partial charge in [-0.15, -0.1) is 0 Å². The van der Waals surface area contributed by atoms with Crippen molar-refractivity contribution in [1.82, 2.24) is 10.3 Å². The van der Waals surface area contributed by atoms with Gasteiger partial charge in [0.2, 0.25) is 0 Å². The molecule has 0 saturated carbocycles. The molecular formula is C10H13BrN2O2. The second-order valence-electron chi connectivity index (χ2n) is 2.93. The van der Waals surface area contributed by atoms with E-state index in [1.54, 1.807) is 18.3 Å². The zero-order valence-corrected chi connectivity index (χ0v) is 10.1. The van der Waals surface area contributed by atoms with Crippen molar-refractivity contribution in [3.8, 4) is 5.75 Å². The molecular weight excluding hydrogens is 260 g/mol. The first-order chi connectivity index (χ1) is 7.24. The average Bonchev–Trinajstić information content (AvgIpc) is 2.25. The number of carbonyl (C=O) groups is 1. The van der Waals surface area contributed by atoms with Crippen molar-refractivity contribution < 1.29 is 9.53 Å². The van der Waals surface area contributed by atoms with Gasteiger partial charge < -0.3 is 10.1 Å². The van der Waals surface area contributed by atoms with Crippen LogP contribution in [-0.4, -0.2) is 24.0 Å². The number of nitrogens with one attached hydrogen (secondary N) is 1. The minimum absolute atomic E-state index is 0.0181. The van der Waals surface area contributed by atoms with Crippen molar-refractivity contribution in [1.29, 1.82) is 0 Å². The predicted molar refractivity (Wildman–Crippen MR) is 60.7 cm³/mol. The van der Waals surface area contributed by atoms with Gasteiger partial charge in [-0.1, -0.05) is 6.92 Å². The van der Waals surface area contributed by atoms with E-state index in [4.69, 9.17) is 4.74 Å². The second-order valence-corrected chi connectivity index (χ2v) is 3.68. The number of ether oxygens (including phenoxy) is 1. The number of hydrogen-bond acceptors (Lipinski definition) is 3. The van der Waals surface area contributed by atoms with E-state index in [9.17, 15) is 4.79 Å². The average molecular weight is 273 g/mol. The van der Waals surface area contributed by atoms with E-state index in [1.807, 2.05) is 6.92 Å². The van der Waals surface area contributed by atoms with E-state index >= 15 is 0 Å². The number of aromatic nitrogens is 1. The lowest BCUT2D eigenvalue weighted by Gasteiger charge is -2.07. The van der Waals surface area contributed by atoms with Gasteiger partial charge in [-0.2, -0.15) is 0 Å². The van der Waals surface area contributed by atoms with Crippen LogP contribution < -0.4 is 10.1 Å². The van der Waals surface area contributed by atoms with Crippen LogP contribution in [-0.2, 0) is 4.79 Å². The molecule has 5 heteroatoms. The Bertz CT molecular complexity index is 331. The van der Waals surface area contributed by atoms with E-state index in [-0.39, 0.29) is 12.5 Å². The topological polar surface area (TPSA) is 51.2 Å². The lowest BCUT2D eigenvalue weighted by atomic mass is 10.4. The summed E-state index contributed by atoms with van der Waals surface area (Å²) in [6, 6.07) is 3.51. The molecule has 1 amide bonds. The molecule has 1 aromatic rings. The molecule has 0 spiro atoms. The zero-order valence-electron chi connectivity index (χ0n) is 8.50. The number of nitrogens with zero attached hydrogens (tertiary/aromatic N) is 1. The van der Waals surface area contributed by atoms with Gasteiger partial charge in [0.25, 0.3) is 5.91 Å². The van der Waals surface area contributed by atoms with Gasteiger partial charge in [0.15, 0.2) is 12.4 Å². The number of carbonyl (C=O) groups excluding carboxylic acids is 1. The zero-order chi connectivity index (χ0) is 11.1. The number of pyridine rings is 1. The molecule has 0 aliphatic carbocycles. The first-order valence-corrected chi connectivity index (χ1v) is 5.53. The number of hydrogen-bond donors (Lipinski definition) is 1. The predicted octanol–water partition coefficient (Wildman–Crippen LogP) is 1.75. The molecule has 0 aliphatic heterocycles. The molecule has 1 heterocycles. The minimum Gasteiger partial charge on any atom is -0.481 e. The maximum absolute atomic E-state index is 11.2. The van der Waals surface area contributed by atoms with Gasteiger partial charge in [0.05, 0.1) is 0 Å². The third-order valence-corrected chi connectivity index (χ3v) is 2.25. The van der Waals surface area contributed by atoms with Gasteiger partial charge in [-0.3, -0.25) is 4.79 Å². The van der Waals surface area contributed by atoms with E-state index in [0.29, 0.717) is 16.9 Å². The molecule has 0 radical (unpaired) electrons. The van der Waals surface area contributed by atoms with Crippen molar-refractivity contribution in [2.24, 2.45) is 0 Å². The summed E-state index contributed by atoms with van der Waals surface area (Å²) in [6.45, 7) is 2.69. The summed E-state index contributed by atoms with van der Waals surface area (Å²) in [5.74, 6) is 0.455. The van der Waals surface area contributed by atoms with Crippen molar-refractivity contribution >= 4 is 21.8 Å². The molecule has 82 valence electrons. The fourth-order valence-electron chi connectivity index (χ4n) is 0.938. The summed E-state index contributed by atoms with van der Waals surface area (Å²) in [5, 5.41) is 2.72. The molecule has 1 N–H and O–H groups in total.